The molecule has 0 spiro atoms. The molecule has 3 amide bonds. The number of hydrogen-bond donors (Lipinski definition) is 2. The van der Waals surface area contributed by atoms with Crippen LogP contribution in [0.2, 0.25) is 0 Å². The fourth-order valence-corrected chi connectivity index (χ4v) is 5.17. The lowest BCUT2D eigenvalue weighted by Crippen LogP contribution is -2.59. The number of amides is 3. The van der Waals surface area contributed by atoms with Crippen LogP contribution in [-0.4, -0.2) is 46.2 Å². The van der Waals surface area contributed by atoms with E-state index in [1.54, 1.807) is 16.2 Å². The zero-order valence-corrected chi connectivity index (χ0v) is 23.6. The van der Waals surface area contributed by atoms with E-state index in [1.165, 1.54) is 0 Å². The van der Waals surface area contributed by atoms with Gasteiger partial charge in [0.2, 0.25) is 17.7 Å². The molecule has 36 heavy (non-hydrogen) atoms. The standard InChI is InChI=1S/C28H40N4O3S/c1-17-13-21(32(15-17)25(34)23(27(3,4)5)31-26(35)28(6,7)8)24(33)29-14-19-9-11-20(12-10-19)22-18(2)30-16-36-22/h9-12,16-17,21,23H,13-15H2,1-8H3,(H,29,33)(H,31,35)/t17-,21+,23?/m1/s1. The van der Waals surface area contributed by atoms with Gasteiger partial charge in [0.25, 0.3) is 0 Å². The molecule has 2 heterocycles. The molecule has 1 fully saturated rings. The molecule has 2 aromatic rings. The summed E-state index contributed by atoms with van der Waals surface area (Å²) < 4.78 is 0. The van der Waals surface area contributed by atoms with Crippen LogP contribution < -0.4 is 10.6 Å². The van der Waals surface area contributed by atoms with E-state index in [4.69, 9.17) is 0 Å². The van der Waals surface area contributed by atoms with Crippen LogP contribution in [0.5, 0.6) is 0 Å². The highest BCUT2D eigenvalue weighted by Crippen LogP contribution is 2.30. The maximum absolute atomic E-state index is 13.7. The molecule has 1 aromatic carbocycles. The minimum absolute atomic E-state index is 0.162. The predicted molar refractivity (Wildman–Crippen MR) is 144 cm³/mol. The molecule has 7 nitrogen and oxygen atoms in total. The minimum Gasteiger partial charge on any atom is -0.350 e. The largest absolute Gasteiger partial charge is 0.350 e. The smallest absolute Gasteiger partial charge is 0.246 e. The van der Waals surface area contributed by atoms with Crippen molar-refractivity contribution >= 4 is 29.1 Å². The molecule has 8 heteroatoms. The molecule has 0 aliphatic carbocycles. The van der Waals surface area contributed by atoms with Crippen molar-refractivity contribution in [2.24, 2.45) is 16.7 Å². The van der Waals surface area contributed by atoms with Crippen LogP contribution in [0.1, 0.15) is 66.1 Å². The first-order chi connectivity index (χ1) is 16.7. The first kappa shape index (κ1) is 27.8. The van der Waals surface area contributed by atoms with Gasteiger partial charge in [-0.1, -0.05) is 72.7 Å². The maximum atomic E-state index is 13.7. The summed E-state index contributed by atoms with van der Waals surface area (Å²) in [6.45, 7) is 16.2. The van der Waals surface area contributed by atoms with Crippen LogP contribution in [0.4, 0.5) is 0 Å². The monoisotopic (exact) mass is 512 g/mol. The zero-order valence-electron chi connectivity index (χ0n) is 22.8. The van der Waals surface area contributed by atoms with E-state index in [9.17, 15) is 14.4 Å². The van der Waals surface area contributed by atoms with E-state index in [2.05, 4.69) is 15.6 Å². The number of aryl methyl sites for hydroxylation is 1. The first-order valence-corrected chi connectivity index (χ1v) is 13.4. The second kappa shape index (κ2) is 10.7. The second-order valence-corrected chi connectivity index (χ2v) is 12.9. The molecule has 1 saturated heterocycles. The van der Waals surface area contributed by atoms with Gasteiger partial charge in [-0.05, 0) is 35.8 Å². The van der Waals surface area contributed by atoms with Crippen molar-refractivity contribution in [2.45, 2.75) is 80.4 Å². The lowest BCUT2D eigenvalue weighted by molar-refractivity contribution is -0.145. The molecule has 0 radical (unpaired) electrons. The third-order valence-electron chi connectivity index (χ3n) is 6.59. The molecule has 196 valence electrons. The summed E-state index contributed by atoms with van der Waals surface area (Å²) in [6, 6.07) is 6.83. The number of rotatable bonds is 6. The highest BCUT2D eigenvalue weighted by Gasteiger charge is 2.44. The Hall–Kier alpha value is -2.74. The molecule has 0 saturated carbocycles. The Labute approximate surface area is 219 Å². The van der Waals surface area contributed by atoms with E-state index in [1.807, 2.05) is 85.2 Å². The Morgan fingerprint density at radius 1 is 1.11 bits per heavy atom. The Morgan fingerprint density at radius 2 is 1.75 bits per heavy atom. The van der Waals surface area contributed by atoms with Gasteiger partial charge >= 0.3 is 0 Å². The third kappa shape index (κ3) is 6.52. The molecule has 2 N–H and O–H groups in total. The van der Waals surface area contributed by atoms with Crippen molar-refractivity contribution in [3.05, 3.63) is 41.0 Å². The highest BCUT2D eigenvalue weighted by molar-refractivity contribution is 7.13. The van der Waals surface area contributed by atoms with Crippen molar-refractivity contribution in [1.82, 2.24) is 20.5 Å². The summed E-state index contributed by atoms with van der Waals surface area (Å²) in [5.41, 5.74) is 3.83. The van der Waals surface area contributed by atoms with E-state index in [0.717, 1.165) is 21.7 Å². The predicted octanol–water partition coefficient (Wildman–Crippen LogP) is 4.55. The third-order valence-corrected chi connectivity index (χ3v) is 7.57. The zero-order chi connectivity index (χ0) is 26.8. The highest BCUT2D eigenvalue weighted by atomic mass is 32.1. The fraction of sp³-hybridized carbons (Fsp3) is 0.571. The van der Waals surface area contributed by atoms with E-state index in [0.29, 0.717) is 19.5 Å². The molecular weight excluding hydrogens is 472 g/mol. The van der Waals surface area contributed by atoms with Gasteiger partial charge in [0, 0.05) is 18.5 Å². The van der Waals surface area contributed by atoms with Gasteiger partial charge < -0.3 is 15.5 Å². The molecule has 0 bridgehead atoms. The molecule has 1 unspecified atom stereocenters. The van der Waals surface area contributed by atoms with Gasteiger partial charge in [-0.3, -0.25) is 14.4 Å². The van der Waals surface area contributed by atoms with Gasteiger partial charge in [0.05, 0.1) is 16.1 Å². The number of aromatic nitrogens is 1. The van der Waals surface area contributed by atoms with Crippen molar-refractivity contribution in [2.75, 3.05) is 6.54 Å². The van der Waals surface area contributed by atoms with E-state index in [-0.39, 0.29) is 23.6 Å². The van der Waals surface area contributed by atoms with Crippen molar-refractivity contribution in [3.63, 3.8) is 0 Å². The van der Waals surface area contributed by atoms with Crippen LogP contribution in [0.15, 0.2) is 29.8 Å². The summed E-state index contributed by atoms with van der Waals surface area (Å²) in [5, 5.41) is 5.99. The molecule has 1 aromatic heterocycles. The number of thiazole rings is 1. The number of carbonyl (C=O) groups is 3. The second-order valence-electron chi connectivity index (χ2n) is 12.1. The number of likely N-dealkylation sites (tertiary alicyclic amines) is 1. The molecule has 3 rings (SSSR count). The number of benzene rings is 1. The van der Waals surface area contributed by atoms with Gasteiger partial charge in [-0.25, -0.2) is 4.98 Å². The van der Waals surface area contributed by atoms with Crippen molar-refractivity contribution in [1.29, 1.82) is 0 Å². The number of nitrogens with one attached hydrogen (secondary N) is 2. The Balaban J connectivity index is 1.69. The number of carbonyl (C=O) groups excluding carboxylic acids is 3. The fourth-order valence-electron chi connectivity index (χ4n) is 4.36. The average Bonchev–Trinajstić information content (AvgIpc) is 3.39. The molecule has 1 aliphatic rings. The Kier molecular flexibility index (Phi) is 8.28. The van der Waals surface area contributed by atoms with Gasteiger partial charge in [0.1, 0.15) is 12.1 Å². The van der Waals surface area contributed by atoms with Crippen molar-refractivity contribution < 1.29 is 14.4 Å². The lowest BCUT2D eigenvalue weighted by Gasteiger charge is -2.36. The van der Waals surface area contributed by atoms with Crippen LogP contribution in [0, 0.1) is 23.7 Å². The normalized spacial score (nSPS) is 19.2. The molecule has 3 atom stereocenters. The topological polar surface area (TPSA) is 91.4 Å². The maximum Gasteiger partial charge on any atom is 0.246 e. The Morgan fingerprint density at radius 3 is 2.28 bits per heavy atom. The number of nitrogens with zero attached hydrogens (tertiary/aromatic N) is 2. The minimum atomic E-state index is -0.715. The summed E-state index contributed by atoms with van der Waals surface area (Å²) in [6.07, 6.45) is 0.602. The van der Waals surface area contributed by atoms with Crippen LogP contribution in [-0.2, 0) is 20.9 Å². The van der Waals surface area contributed by atoms with E-state index >= 15 is 0 Å². The first-order valence-electron chi connectivity index (χ1n) is 12.6. The van der Waals surface area contributed by atoms with Gasteiger partial charge in [-0.2, -0.15) is 0 Å². The molecular formula is C28H40N4O3S. The van der Waals surface area contributed by atoms with Crippen LogP contribution in [0.25, 0.3) is 10.4 Å². The summed E-state index contributed by atoms with van der Waals surface area (Å²) in [5.74, 6) is -0.342. The summed E-state index contributed by atoms with van der Waals surface area (Å²) >= 11 is 1.61. The quantitative estimate of drug-likeness (QED) is 0.594. The van der Waals surface area contributed by atoms with E-state index < -0.39 is 22.9 Å². The molecule has 1 aliphatic heterocycles. The summed E-state index contributed by atoms with van der Waals surface area (Å²) in [4.78, 5) is 46.8. The lowest BCUT2D eigenvalue weighted by atomic mass is 9.84. The Bertz CT molecular complexity index is 1100. The number of hydrogen-bond acceptors (Lipinski definition) is 5. The average molecular weight is 513 g/mol. The van der Waals surface area contributed by atoms with Gasteiger partial charge in [-0.15, -0.1) is 11.3 Å². The summed E-state index contributed by atoms with van der Waals surface area (Å²) in [7, 11) is 0. The van der Waals surface area contributed by atoms with Crippen LogP contribution >= 0.6 is 11.3 Å². The van der Waals surface area contributed by atoms with Gasteiger partial charge in [0.15, 0.2) is 0 Å². The SMILES string of the molecule is Cc1ncsc1-c1ccc(CNC(=O)[C@@H]2C[C@@H](C)CN2C(=O)C(NC(=O)C(C)(C)C)C(C)(C)C)cc1. The van der Waals surface area contributed by atoms with Crippen molar-refractivity contribution in [3.8, 4) is 10.4 Å². The van der Waals surface area contributed by atoms with Crippen LogP contribution in [0.3, 0.4) is 0 Å².